The average Bonchev–Trinajstić information content (AvgIpc) is 2.41. The number of nitrogens with one attached hydrogen (secondary N) is 1. The second-order valence-electron chi connectivity index (χ2n) is 4.42. The number of benzene rings is 1. The molecule has 1 aliphatic heterocycles. The summed E-state index contributed by atoms with van der Waals surface area (Å²) in [7, 11) is 0. The summed E-state index contributed by atoms with van der Waals surface area (Å²) in [5.74, 6) is -0.261. The summed E-state index contributed by atoms with van der Waals surface area (Å²) >= 11 is 3.33. The molecular weight excluding hydrogens is 310 g/mol. The number of amides is 2. The molecule has 1 atom stereocenters. The van der Waals surface area contributed by atoms with Gasteiger partial charge in [0.1, 0.15) is 6.04 Å². The number of carbonyl (C=O) groups excluding carboxylic acids is 2. The molecular formula is C13H16BrN3O2. The molecule has 1 aliphatic rings. The van der Waals surface area contributed by atoms with Gasteiger partial charge in [-0.05, 0) is 34.5 Å². The number of anilines is 1. The Morgan fingerprint density at radius 3 is 3.00 bits per heavy atom. The molecule has 3 N–H and O–H groups in total. The molecule has 1 aromatic carbocycles. The van der Waals surface area contributed by atoms with Gasteiger partial charge in [-0.25, -0.2) is 0 Å². The molecule has 0 aliphatic carbocycles. The average molecular weight is 326 g/mol. The van der Waals surface area contributed by atoms with Gasteiger partial charge in [-0.1, -0.05) is 13.0 Å². The first-order valence-corrected chi connectivity index (χ1v) is 6.98. The first-order valence-electron chi connectivity index (χ1n) is 6.19. The van der Waals surface area contributed by atoms with E-state index in [0.29, 0.717) is 35.2 Å². The molecule has 5 nitrogen and oxygen atoms in total. The number of nitrogen functional groups attached to an aromatic ring is 1. The first kappa shape index (κ1) is 13.9. The number of halogens is 1. The van der Waals surface area contributed by atoms with Crippen LogP contribution in [0.15, 0.2) is 22.7 Å². The zero-order valence-corrected chi connectivity index (χ0v) is 12.2. The Bertz CT molecular complexity index is 519. The molecule has 1 fully saturated rings. The zero-order valence-electron chi connectivity index (χ0n) is 10.6. The van der Waals surface area contributed by atoms with Crippen LogP contribution in [0.3, 0.4) is 0 Å². The van der Waals surface area contributed by atoms with Crippen molar-refractivity contribution in [2.24, 2.45) is 0 Å². The van der Waals surface area contributed by atoms with Crippen LogP contribution >= 0.6 is 15.9 Å². The van der Waals surface area contributed by atoms with E-state index < -0.39 is 6.04 Å². The first-order chi connectivity index (χ1) is 9.06. The van der Waals surface area contributed by atoms with Crippen molar-refractivity contribution in [3.8, 4) is 0 Å². The topological polar surface area (TPSA) is 75.4 Å². The van der Waals surface area contributed by atoms with E-state index >= 15 is 0 Å². The number of hydrogen-bond acceptors (Lipinski definition) is 3. The van der Waals surface area contributed by atoms with Crippen LogP contribution in [0.2, 0.25) is 0 Å². The molecule has 2 amide bonds. The maximum absolute atomic E-state index is 12.5. The minimum atomic E-state index is -0.408. The van der Waals surface area contributed by atoms with Crippen molar-refractivity contribution in [1.82, 2.24) is 10.2 Å². The molecule has 1 saturated heterocycles. The predicted octanol–water partition coefficient (Wildman–Crippen LogP) is 1.38. The molecule has 1 aromatic rings. The lowest BCUT2D eigenvalue weighted by Gasteiger charge is -2.34. The Morgan fingerprint density at radius 1 is 1.58 bits per heavy atom. The number of hydrogen-bond donors (Lipinski definition) is 2. The Morgan fingerprint density at radius 2 is 2.32 bits per heavy atom. The molecule has 0 spiro atoms. The Hall–Kier alpha value is -1.56. The van der Waals surface area contributed by atoms with Crippen molar-refractivity contribution in [2.45, 2.75) is 19.4 Å². The van der Waals surface area contributed by atoms with Crippen molar-refractivity contribution in [1.29, 1.82) is 0 Å². The third kappa shape index (κ3) is 2.58. The van der Waals surface area contributed by atoms with Crippen molar-refractivity contribution in [3.05, 3.63) is 28.2 Å². The summed E-state index contributed by atoms with van der Waals surface area (Å²) < 4.78 is 0.584. The van der Waals surface area contributed by atoms with Crippen molar-refractivity contribution in [3.63, 3.8) is 0 Å². The summed E-state index contributed by atoms with van der Waals surface area (Å²) in [5.41, 5.74) is 6.79. The molecule has 19 heavy (non-hydrogen) atoms. The Kier molecular flexibility index (Phi) is 4.09. The van der Waals surface area contributed by atoms with E-state index in [4.69, 9.17) is 5.73 Å². The monoisotopic (exact) mass is 325 g/mol. The maximum Gasteiger partial charge on any atom is 0.255 e. The highest BCUT2D eigenvalue weighted by Gasteiger charge is 2.32. The highest BCUT2D eigenvalue weighted by molar-refractivity contribution is 9.10. The molecule has 1 heterocycles. The number of nitrogens with two attached hydrogens (primary N) is 1. The van der Waals surface area contributed by atoms with Gasteiger partial charge < -0.3 is 16.0 Å². The molecule has 0 radical (unpaired) electrons. The van der Waals surface area contributed by atoms with E-state index in [9.17, 15) is 9.59 Å². The molecule has 102 valence electrons. The molecule has 1 unspecified atom stereocenters. The standard InChI is InChI=1S/C13H16BrN3O2/c1-2-10-12(18)16-6-7-17(10)13(19)8-4-3-5-9(15)11(8)14/h3-5,10H,2,6-7,15H2,1H3,(H,16,18). The minimum absolute atomic E-state index is 0.0953. The van der Waals surface area contributed by atoms with Gasteiger partial charge in [0, 0.05) is 18.8 Å². The normalized spacial score (nSPS) is 19.2. The van der Waals surface area contributed by atoms with E-state index in [1.807, 2.05) is 6.92 Å². The SMILES string of the molecule is CCC1C(=O)NCCN1C(=O)c1cccc(N)c1Br. The molecule has 0 bridgehead atoms. The molecule has 2 rings (SSSR count). The van der Waals surface area contributed by atoms with Crippen LogP contribution in [-0.2, 0) is 4.79 Å². The minimum Gasteiger partial charge on any atom is -0.398 e. The third-order valence-corrected chi connectivity index (χ3v) is 4.12. The summed E-state index contributed by atoms with van der Waals surface area (Å²) in [4.78, 5) is 25.9. The van der Waals surface area contributed by atoms with Crippen molar-refractivity contribution in [2.75, 3.05) is 18.8 Å². The molecule has 6 heteroatoms. The third-order valence-electron chi connectivity index (χ3n) is 3.24. The van der Waals surface area contributed by atoms with Gasteiger partial charge in [-0.2, -0.15) is 0 Å². The van der Waals surface area contributed by atoms with E-state index in [1.165, 1.54) is 0 Å². The number of rotatable bonds is 2. The molecule has 0 saturated carbocycles. The van der Waals surface area contributed by atoms with Gasteiger partial charge in [-0.3, -0.25) is 9.59 Å². The van der Waals surface area contributed by atoms with E-state index in [1.54, 1.807) is 23.1 Å². The fraction of sp³-hybridized carbons (Fsp3) is 0.385. The van der Waals surface area contributed by atoms with E-state index in [2.05, 4.69) is 21.2 Å². The number of carbonyl (C=O) groups is 2. The van der Waals surface area contributed by atoms with E-state index in [-0.39, 0.29) is 11.8 Å². The largest absolute Gasteiger partial charge is 0.398 e. The fourth-order valence-electron chi connectivity index (χ4n) is 2.23. The second kappa shape index (κ2) is 5.61. The van der Waals surface area contributed by atoms with Crippen LogP contribution in [-0.4, -0.2) is 35.8 Å². The second-order valence-corrected chi connectivity index (χ2v) is 5.22. The van der Waals surface area contributed by atoms with Crippen LogP contribution in [0.25, 0.3) is 0 Å². The number of piperazine rings is 1. The quantitative estimate of drug-likeness (QED) is 0.807. The predicted molar refractivity (Wildman–Crippen MR) is 76.7 cm³/mol. The number of nitrogens with zero attached hydrogens (tertiary/aromatic N) is 1. The summed E-state index contributed by atoms with van der Waals surface area (Å²) in [6.07, 6.45) is 0.595. The lowest BCUT2D eigenvalue weighted by Crippen LogP contribution is -2.56. The maximum atomic E-state index is 12.5. The summed E-state index contributed by atoms with van der Waals surface area (Å²) in [5, 5.41) is 2.78. The van der Waals surface area contributed by atoms with Gasteiger partial charge in [-0.15, -0.1) is 0 Å². The van der Waals surface area contributed by atoms with Crippen LogP contribution in [0.4, 0.5) is 5.69 Å². The zero-order chi connectivity index (χ0) is 14.0. The highest BCUT2D eigenvalue weighted by atomic mass is 79.9. The van der Waals surface area contributed by atoms with E-state index in [0.717, 1.165) is 0 Å². The smallest absolute Gasteiger partial charge is 0.255 e. The van der Waals surface area contributed by atoms with Crippen LogP contribution in [0.5, 0.6) is 0 Å². The van der Waals surface area contributed by atoms with Crippen molar-refractivity contribution >= 4 is 33.4 Å². The molecule has 0 aromatic heterocycles. The highest BCUT2D eigenvalue weighted by Crippen LogP contribution is 2.26. The Balaban J connectivity index is 2.32. The van der Waals surface area contributed by atoms with Gasteiger partial charge in [0.25, 0.3) is 5.91 Å². The fourth-order valence-corrected chi connectivity index (χ4v) is 2.67. The van der Waals surface area contributed by atoms with Crippen molar-refractivity contribution < 1.29 is 9.59 Å². The van der Waals surface area contributed by atoms with Crippen LogP contribution in [0, 0.1) is 0 Å². The lowest BCUT2D eigenvalue weighted by atomic mass is 10.1. The van der Waals surface area contributed by atoms with Gasteiger partial charge in [0.15, 0.2) is 0 Å². The Labute approximate surface area is 120 Å². The lowest BCUT2D eigenvalue weighted by molar-refractivity contribution is -0.127. The van der Waals surface area contributed by atoms with Gasteiger partial charge in [0.05, 0.1) is 10.0 Å². The van der Waals surface area contributed by atoms with Gasteiger partial charge in [0.2, 0.25) is 5.91 Å². The summed E-state index contributed by atoms with van der Waals surface area (Å²) in [6.45, 7) is 2.90. The van der Waals surface area contributed by atoms with Crippen LogP contribution < -0.4 is 11.1 Å². The van der Waals surface area contributed by atoms with Crippen LogP contribution in [0.1, 0.15) is 23.7 Å². The van der Waals surface area contributed by atoms with Gasteiger partial charge >= 0.3 is 0 Å². The summed E-state index contributed by atoms with van der Waals surface area (Å²) in [6, 6.07) is 4.76.